The zero-order valence-electron chi connectivity index (χ0n) is 19.9. The van der Waals surface area contributed by atoms with Gasteiger partial charge in [-0.2, -0.15) is 0 Å². The number of carbonyl (C=O) groups excluding carboxylic acids is 3. The second-order valence-corrected chi connectivity index (χ2v) is 13.7. The number of hydrogen-bond acceptors (Lipinski definition) is 6. The SMILES string of the molecule is C=CCOC(=O)N[C@H]1CCC(C(=O)OCC2(C)CC[I-]C2C)C[C@H]1NC(=O)OC(C)(C)C. The molecule has 1 heterocycles. The maximum atomic E-state index is 12.9. The van der Waals surface area contributed by atoms with Crippen LogP contribution in [0, 0.1) is 11.3 Å². The minimum absolute atomic E-state index is 0.0742. The summed E-state index contributed by atoms with van der Waals surface area (Å²) in [6.07, 6.45) is 2.87. The summed E-state index contributed by atoms with van der Waals surface area (Å²) >= 11 is 0.182. The van der Waals surface area contributed by atoms with Crippen LogP contribution in [0.2, 0.25) is 0 Å². The van der Waals surface area contributed by atoms with Gasteiger partial charge in [-0.3, -0.25) is 0 Å². The van der Waals surface area contributed by atoms with Gasteiger partial charge in [0.1, 0.15) is 6.61 Å². The van der Waals surface area contributed by atoms with E-state index in [-0.39, 0.29) is 51.2 Å². The van der Waals surface area contributed by atoms with E-state index < -0.39 is 23.8 Å². The summed E-state index contributed by atoms with van der Waals surface area (Å²) in [6, 6.07) is -0.847. The average Bonchev–Trinajstić information content (AvgIpc) is 3.03. The number of amides is 2. The Morgan fingerprint density at radius 2 is 1.81 bits per heavy atom. The van der Waals surface area contributed by atoms with E-state index >= 15 is 0 Å². The number of rotatable bonds is 7. The minimum atomic E-state index is -0.654. The van der Waals surface area contributed by atoms with Crippen LogP contribution in [0.5, 0.6) is 0 Å². The molecule has 1 aliphatic carbocycles. The van der Waals surface area contributed by atoms with Gasteiger partial charge in [0, 0.05) is 0 Å². The van der Waals surface area contributed by atoms with Crippen molar-refractivity contribution in [1.29, 1.82) is 0 Å². The molecule has 2 rings (SSSR count). The van der Waals surface area contributed by atoms with Crippen molar-refractivity contribution < 1.29 is 49.8 Å². The zero-order valence-corrected chi connectivity index (χ0v) is 22.0. The van der Waals surface area contributed by atoms with Crippen molar-refractivity contribution >= 4 is 18.2 Å². The van der Waals surface area contributed by atoms with Gasteiger partial charge < -0.3 is 0 Å². The Bertz CT molecular complexity index is 694. The van der Waals surface area contributed by atoms with Crippen LogP contribution in [-0.4, -0.2) is 57.4 Å². The van der Waals surface area contributed by atoms with Gasteiger partial charge in [-0.25, -0.2) is 0 Å². The fraction of sp³-hybridized carbons (Fsp3) is 0.783. The van der Waals surface area contributed by atoms with Gasteiger partial charge in [-0.1, -0.05) is 12.7 Å². The zero-order chi connectivity index (χ0) is 23.9. The summed E-state index contributed by atoms with van der Waals surface area (Å²) in [5, 5.41) is 5.62. The predicted molar refractivity (Wildman–Crippen MR) is 117 cm³/mol. The van der Waals surface area contributed by atoms with Gasteiger partial charge in [0.05, 0.1) is 0 Å². The molecule has 0 spiro atoms. The van der Waals surface area contributed by atoms with Gasteiger partial charge in [-0.15, -0.1) is 0 Å². The van der Waals surface area contributed by atoms with E-state index in [1.165, 1.54) is 10.5 Å². The molecule has 184 valence electrons. The molecule has 2 aliphatic rings. The van der Waals surface area contributed by atoms with Gasteiger partial charge in [0.2, 0.25) is 0 Å². The topological polar surface area (TPSA) is 103 Å². The molecule has 1 saturated carbocycles. The number of esters is 1. The number of carbonyl (C=O) groups is 3. The predicted octanol–water partition coefficient (Wildman–Crippen LogP) is 0.391. The third kappa shape index (κ3) is 8.12. The van der Waals surface area contributed by atoms with E-state index in [9.17, 15) is 14.4 Å². The van der Waals surface area contributed by atoms with E-state index in [1.54, 1.807) is 20.8 Å². The molecule has 2 amide bonds. The Kier molecular flexibility index (Phi) is 9.66. The fourth-order valence-electron chi connectivity index (χ4n) is 3.86. The first-order valence-corrected chi connectivity index (χ1v) is 14.0. The van der Waals surface area contributed by atoms with Crippen molar-refractivity contribution in [3.8, 4) is 0 Å². The molecule has 2 fully saturated rings. The molecule has 5 atom stereocenters. The summed E-state index contributed by atoms with van der Waals surface area (Å²) in [5.74, 6) is -0.570. The van der Waals surface area contributed by atoms with Crippen LogP contribution in [0.15, 0.2) is 12.7 Å². The maximum absolute atomic E-state index is 12.9. The summed E-state index contributed by atoms with van der Waals surface area (Å²) in [6.45, 7) is 13.9. The molecular weight excluding hydrogens is 527 g/mol. The summed E-state index contributed by atoms with van der Waals surface area (Å²) in [7, 11) is 0. The smallest absolute Gasteiger partial charge is 0.0253 e. The summed E-state index contributed by atoms with van der Waals surface area (Å²) in [5.41, 5.74) is -0.580. The first-order chi connectivity index (χ1) is 14.9. The Labute approximate surface area is 201 Å². The van der Waals surface area contributed by atoms with E-state index in [4.69, 9.17) is 14.2 Å². The third-order valence-corrected chi connectivity index (χ3v) is 10.0. The van der Waals surface area contributed by atoms with Crippen LogP contribution in [0.25, 0.3) is 0 Å². The first-order valence-electron chi connectivity index (χ1n) is 11.2. The first kappa shape index (κ1) is 26.7. The summed E-state index contributed by atoms with van der Waals surface area (Å²) < 4.78 is 18.1. The number of ether oxygens (including phenoxy) is 3. The third-order valence-electron chi connectivity index (χ3n) is 6.03. The number of halogens is 1. The van der Waals surface area contributed by atoms with Crippen molar-refractivity contribution in [1.82, 2.24) is 10.6 Å². The molecule has 8 nitrogen and oxygen atoms in total. The number of hydrogen-bond donors (Lipinski definition) is 2. The van der Waals surface area contributed by atoms with Crippen molar-refractivity contribution in [2.75, 3.05) is 17.6 Å². The van der Waals surface area contributed by atoms with Crippen LogP contribution >= 0.6 is 0 Å². The molecule has 32 heavy (non-hydrogen) atoms. The molecule has 1 aliphatic heterocycles. The van der Waals surface area contributed by atoms with Crippen molar-refractivity contribution in [3.63, 3.8) is 0 Å². The molecule has 2 N–H and O–H groups in total. The van der Waals surface area contributed by atoms with E-state index in [0.29, 0.717) is 29.8 Å². The molecule has 0 aromatic heterocycles. The van der Waals surface area contributed by atoms with Gasteiger partial charge in [0.25, 0.3) is 0 Å². The van der Waals surface area contributed by atoms with Crippen LogP contribution < -0.4 is 31.8 Å². The van der Waals surface area contributed by atoms with Crippen molar-refractivity contribution in [2.24, 2.45) is 11.3 Å². The van der Waals surface area contributed by atoms with Crippen molar-refractivity contribution in [2.45, 2.75) is 81.9 Å². The Hall–Kier alpha value is -1.52. The van der Waals surface area contributed by atoms with Gasteiger partial charge in [-0.05, 0) is 20.8 Å². The normalized spacial score (nSPS) is 30.4. The number of nitrogens with one attached hydrogen (secondary N) is 2. The standard InChI is InChI=1S/C23H38IN2O6/c1-7-12-30-20(28)25-17-9-8-16(13-18(17)26-21(29)32-22(3,4)5)19(27)31-14-23(6)10-11-24-15(23)2/h7,15-18H,1,8-14H2,2-6H3,(H,25,28)(H,26,29)/q-1/t15?,16?,17-,18+,23?/m0/s1. The van der Waals surface area contributed by atoms with Gasteiger partial charge >= 0.3 is 162 Å². The molecule has 0 radical (unpaired) electrons. The molecular formula is C23H38IN2O6-. The van der Waals surface area contributed by atoms with Gasteiger partial charge in [0.15, 0.2) is 0 Å². The van der Waals surface area contributed by atoms with Crippen LogP contribution in [0.1, 0.15) is 60.3 Å². The number of alkyl carbamates (subject to hydrolysis) is 2. The second kappa shape index (κ2) is 11.6. The van der Waals surface area contributed by atoms with E-state index in [2.05, 4.69) is 31.1 Å². The van der Waals surface area contributed by atoms with E-state index in [1.807, 2.05) is 0 Å². The minimum Gasteiger partial charge on any atom is -0.0253 e. The molecule has 0 bridgehead atoms. The fourth-order valence-corrected chi connectivity index (χ4v) is 7.90. The molecule has 0 aromatic rings. The van der Waals surface area contributed by atoms with Crippen LogP contribution in [0.3, 0.4) is 0 Å². The Balaban J connectivity index is 1.99. The quantitative estimate of drug-likeness (QED) is 0.152. The Morgan fingerprint density at radius 1 is 1.12 bits per heavy atom. The Morgan fingerprint density at radius 3 is 2.41 bits per heavy atom. The summed E-state index contributed by atoms with van der Waals surface area (Å²) in [4.78, 5) is 37.3. The molecule has 9 heteroatoms. The van der Waals surface area contributed by atoms with Crippen LogP contribution in [-0.2, 0) is 19.0 Å². The van der Waals surface area contributed by atoms with Crippen LogP contribution in [0.4, 0.5) is 9.59 Å². The van der Waals surface area contributed by atoms with Crippen molar-refractivity contribution in [3.05, 3.63) is 12.7 Å². The van der Waals surface area contributed by atoms with E-state index in [0.717, 1.165) is 6.42 Å². The second-order valence-electron chi connectivity index (χ2n) is 9.87. The molecule has 1 saturated heterocycles. The molecule has 0 aromatic carbocycles. The monoisotopic (exact) mass is 565 g/mol. The number of alkyl halides is 2. The average molecular weight is 565 g/mol. The molecule has 3 unspecified atom stereocenters.